The third-order valence-electron chi connectivity index (χ3n) is 3.38. The molecular formula is C15H21Cl3N2OS. The van der Waals surface area contributed by atoms with Crippen molar-refractivity contribution in [2.24, 2.45) is 0 Å². The van der Waals surface area contributed by atoms with Crippen molar-refractivity contribution < 1.29 is 4.79 Å². The summed E-state index contributed by atoms with van der Waals surface area (Å²) >= 11 is 13.9. The van der Waals surface area contributed by atoms with E-state index in [1.165, 1.54) is 0 Å². The van der Waals surface area contributed by atoms with E-state index < -0.39 is 0 Å². The number of amides is 1. The van der Waals surface area contributed by atoms with Crippen LogP contribution >= 0.6 is 47.4 Å². The molecule has 0 radical (unpaired) electrons. The molecule has 2 N–H and O–H groups in total. The van der Waals surface area contributed by atoms with Crippen LogP contribution in [0.25, 0.3) is 0 Å². The number of hydrogen-bond donors (Lipinski definition) is 2. The lowest BCUT2D eigenvalue weighted by Gasteiger charge is -2.23. The standard InChI is InChI=1S/C15H20Cl2N2OS.ClH/c1-10(6-11-2-3-12(16)7-14(11)17)19-15(20)8-13-9-21-5-4-18-13;/h2-3,7,10,13,18H,4-6,8-9H2,1H3,(H,19,20);1H. The number of benzene rings is 1. The van der Waals surface area contributed by atoms with Crippen LogP contribution in [-0.4, -0.2) is 36.0 Å². The van der Waals surface area contributed by atoms with Gasteiger partial charge in [0.15, 0.2) is 0 Å². The van der Waals surface area contributed by atoms with Gasteiger partial charge in [-0.15, -0.1) is 12.4 Å². The number of rotatable bonds is 5. The highest BCUT2D eigenvalue weighted by Gasteiger charge is 2.18. The van der Waals surface area contributed by atoms with E-state index in [9.17, 15) is 4.79 Å². The van der Waals surface area contributed by atoms with Crippen LogP contribution in [-0.2, 0) is 11.2 Å². The molecule has 2 unspecified atom stereocenters. The molecule has 2 rings (SSSR count). The van der Waals surface area contributed by atoms with E-state index in [2.05, 4.69) is 10.6 Å². The van der Waals surface area contributed by atoms with Crippen LogP contribution in [0.5, 0.6) is 0 Å². The monoisotopic (exact) mass is 382 g/mol. The Morgan fingerprint density at radius 2 is 2.27 bits per heavy atom. The van der Waals surface area contributed by atoms with Gasteiger partial charge >= 0.3 is 0 Å². The van der Waals surface area contributed by atoms with Gasteiger partial charge in [-0.3, -0.25) is 4.79 Å². The molecule has 2 atom stereocenters. The quantitative estimate of drug-likeness (QED) is 0.817. The highest BCUT2D eigenvalue weighted by atomic mass is 35.5. The summed E-state index contributed by atoms with van der Waals surface area (Å²) in [6.07, 6.45) is 1.24. The Balaban J connectivity index is 0.00000242. The predicted molar refractivity (Wildman–Crippen MR) is 98.8 cm³/mol. The van der Waals surface area contributed by atoms with Crippen molar-refractivity contribution in [1.82, 2.24) is 10.6 Å². The zero-order valence-corrected chi connectivity index (χ0v) is 15.5. The fourth-order valence-electron chi connectivity index (χ4n) is 2.38. The zero-order valence-electron chi connectivity index (χ0n) is 12.4. The molecular weight excluding hydrogens is 363 g/mol. The summed E-state index contributed by atoms with van der Waals surface area (Å²) < 4.78 is 0. The lowest BCUT2D eigenvalue weighted by atomic mass is 10.1. The average molecular weight is 384 g/mol. The summed E-state index contributed by atoms with van der Waals surface area (Å²) in [5, 5.41) is 7.68. The van der Waals surface area contributed by atoms with Crippen LogP contribution in [0.2, 0.25) is 10.0 Å². The van der Waals surface area contributed by atoms with Crippen molar-refractivity contribution in [2.45, 2.75) is 31.8 Å². The SMILES string of the molecule is CC(Cc1ccc(Cl)cc1Cl)NC(=O)CC1CSCCN1.Cl. The minimum atomic E-state index is 0. The second kappa shape index (κ2) is 9.89. The van der Waals surface area contributed by atoms with Gasteiger partial charge in [0, 0.05) is 46.6 Å². The van der Waals surface area contributed by atoms with Gasteiger partial charge in [-0.25, -0.2) is 0 Å². The summed E-state index contributed by atoms with van der Waals surface area (Å²) in [5.41, 5.74) is 1.00. The van der Waals surface area contributed by atoms with E-state index in [1.807, 2.05) is 30.8 Å². The molecule has 124 valence electrons. The third-order valence-corrected chi connectivity index (χ3v) is 5.10. The molecule has 1 fully saturated rings. The summed E-state index contributed by atoms with van der Waals surface area (Å²) in [7, 11) is 0. The number of thioether (sulfide) groups is 1. The molecule has 0 aromatic heterocycles. The highest BCUT2D eigenvalue weighted by Crippen LogP contribution is 2.22. The van der Waals surface area contributed by atoms with E-state index >= 15 is 0 Å². The normalized spacial score (nSPS) is 19.1. The van der Waals surface area contributed by atoms with Gasteiger partial charge in [-0.1, -0.05) is 29.3 Å². The van der Waals surface area contributed by atoms with Crippen molar-refractivity contribution in [3.63, 3.8) is 0 Å². The number of hydrogen-bond acceptors (Lipinski definition) is 3. The fraction of sp³-hybridized carbons (Fsp3) is 0.533. The third kappa shape index (κ3) is 6.55. The van der Waals surface area contributed by atoms with Crippen LogP contribution in [0.4, 0.5) is 0 Å². The van der Waals surface area contributed by atoms with Crippen LogP contribution in [0.3, 0.4) is 0 Å². The summed E-state index contributed by atoms with van der Waals surface area (Å²) in [6, 6.07) is 5.80. The fourth-order valence-corrected chi connectivity index (χ4v) is 3.81. The molecule has 7 heteroatoms. The summed E-state index contributed by atoms with van der Waals surface area (Å²) in [6.45, 7) is 2.98. The van der Waals surface area contributed by atoms with Crippen molar-refractivity contribution in [3.05, 3.63) is 33.8 Å². The maximum Gasteiger partial charge on any atom is 0.221 e. The Morgan fingerprint density at radius 1 is 1.50 bits per heavy atom. The molecule has 0 aliphatic carbocycles. The van der Waals surface area contributed by atoms with E-state index in [1.54, 1.807) is 6.07 Å². The van der Waals surface area contributed by atoms with E-state index in [0.717, 1.165) is 23.6 Å². The first-order valence-electron chi connectivity index (χ1n) is 7.09. The maximum atomic E-state index is 12.0. The van der Waals surface area contributed by atoms with Gasteiger partial charge in [-0.05, 0) is 31.0 Å². The lowest BCUT2D eigenvalue weighted by molar-refractivity contribution is -0.122. The van der Waals surface area contributed by atoms with Gasteiger partial charge in [-0.2, -0.15) is 11.8 Å². The Hall–Kier alpha value is -0.130. The van der Waals surface area contributed by atoms with Gasteiger partial charge in [0.05, 0.1) is 0 Å². The first-order valence-corrected chi connectivity index (χ1v) is 9.00. The van der Waals surface area contributed by atoms with Crippen molar-refractivity contribution in [3.8, 4) is 0 Å². The van der Waals surface area contributed by atoms with Gasteiger partial charge in [0.1, 0.15) is 0 Å². The van der Waals surface area contributed by atoms with Gasteiger partial charge in [0.2, 0.25) is 5.91 Å². The summed E-state index contributed by atoms with van der Waals surface area (Å²) in [4.78, 5) is 12.0. The van der Waals surface area contributed by atoms with Crippen molar-refractivity contribution in [2.75, 3.05) is 18.1 Å². The molecule has 0 saturated carbocycles. The minimum Gasteiger partial charge on any atom is -0.353 e. The van der Waals surface area contributed by atoms with Crippen LogP contribution in [0.15, 0.2) is 18.2 Å². The minimum absolute atomic E-state index is 0. The molecule has 1 aromatic rings. The molecule has 0 spiro atoms. The van der Waals surface area contributed by atoms with Crippen LogP contribution < -0.4 is 10.6 Å². The maximum absolute atomic E-state index is 12.0. The number of nitrogens with one attached hydrogen (secondary N) is 2. The largest absolute Gasteiger partial charge is 0.353 e. The van der Waals surface area contributed by atoms with Gasteiger partial charge in [0.25, 0.3) is 0 Å². The Bertz CT molecular complexity index is 496. The molecule has 0 bridgehead atoms. The lowest BCUT2D eigenvalue weighted by Crippen LogP contribution is -2.43. The predicted octanol–water partition coefficient (Wildman–Crippen LogP) is 3.56. The van der Waals surface area contributed by atoms with Gasteiger partial charge < -0.3 is 10.6 Å². The number of carbonyl (C=O) groups excluding carboxylic acids is 1. The van der Waals surface area contributed by atoms with E-state index in [0.29, 0.717) is 22.9 Å². The number of carbonyl (C=O) groups is 1. The van der Waals surface area contributed by atoms with Crippen molar-refractivity contribution in [1.29, 1.82) is 0 Å². The second-order valence-corrected chi connectivity index (χ2v) is 7.33. The first-order chi connectivity index (χ1) is 10.0. The Morgan fingerprint density at radius 3 is 2.91 bits per heavy atom. The Kier molecular flexibility index (Phi) is 8.95. The van der Waals surface area contributed by atoms with Crippen LogP contribution in [0.1, 0.15) is 18.9 Å². The molecule has 1 amide bonds. The number of halogens is 3. The smallest absolute Gasteiger partial charge is 0.221 e. The first kappa shape index (κ1) is 19.9. The molecule has 1 heterocycles. The molecule has 3 nitrogen and oxygen atoms in total. The van der Waals surface area contributed by atoms with E-state index in [-0.39, 0.29) is 30.4 Å². The molecule has 1 aliphatic heterocycles. The highest BCUT2D eigenvalue weighted by molar-refractivity contribution is 7.99. The molecule has 22 heavy (non-hydrogen) atoms. The van der Waals surface area contributed by atoms with Crippen LogP contribution in [0, 0.1) is 0 Å². The molecule has 1 saturated heterocycles. The second-order valence-electron chi connectivity index (χ2n) is 5.34. The topological polar surface area (TPSA) is 41.1 Å². The van der Waals surface area contributed by atoms with Crippen molar-refractivity contribution >= 4 is 53.3 Å². The summed E-state index contributed by atoms with van der Waals surface area (Å²) in [5.74, 6) is 2.22. The van der Waals surface area contributed by atoms with E-state index in [4.69, 9.17) is 23.2 Å². The zero-order chi connectivity index (χ0) is 15.2. The molecule has 1 aromatic carbocycles. The average Bonchev–Trinajstić information content (AvgIpc) is 2.43. The molecule has 1 aliphatic rings. The Labute approximate surface area is 152 Å².